The second kappa shape index (κ2) is 45.1. The van der Waals surface area contributed by atoms with Crippen LogP contribution in [0.1, 0.15) is 233 Å². The third kappa shape index (κ3) is 42.5. The first-order valence-corrected chi connectivity index (χ1v) is 23.6. The van der Waals surface area contributed by atoms with E-state index in [-0.39, 0.29) is 31.1 Å². The van der Waals surface area contributed by atoms with Crippen LogP contribution in [0.25, 0.3) is 0 Å². The number of unbranched alkanes of at least 4 members (excludes halogenated alkanes) is 23. The maximum absolute atomic E-state index is 12.7. The van der Waals surface area contributed by atoms with Gasteiger partial charge in [0.15, 0.2) is 6.10 Å². The monoisotopic (exact) mass is 785 g/mol. The molecule has 0 bridgehead atoms. The van der Waals surface area contributed by atoms with Crippen LogP contribution in [0.4, 0.5) is 0 Å². The second-order valence-corrected chi connectivity index (χ2v) is 15.6. The van der Waals surface area contributed by atoms with Crippen molar-refractivity contribution in [2.75, 3.05) is 13.2 Å². The van der Waals surface area contributed by atoms with Gasteiger partial charge < -0.3 is 14.2 Å². The zero-order valence-corrected chi connectivity index (χ0v) is 36.9. The fourth-order valence-electron chi connectivity index (χ4n) is 6.51. The number of hydrogen-bond donors (Lipinski definition) is 0. The van der Waals surface area contributed by atoms with Crippen molar-refractivity contribution in [3.05, 3.63) is 48.6 Å². The van der Waals surface area contributed by atoms with Crippen molar-refractivity contribution >= 4 is 17.9 Å². The second-order valence-electron chi connectivity index (χ2n) is 15.6. The van der Waals surface area contributed by atoms with Crippen LogP contribution in [0.5, 0.6) is 0 Å². The average molecular weight is 785 g/mol. The van der Waals surface area contributed by atoms with Crippen molar-refractivity contribution in [1.29, 1.82) is 0 Å². The van der Waals surface area contributed by atoms with Crippen molar-refractivity contribution in [1.82, 2.24) is 0 Å². The van der Waals surface area contributed by atoms with Crippen LogP contribution in [-0.4, -0.2) is 37.2 Å². The Bertz CT molecular complexity index is 996. The van der Waals surface area contributed by atoms with Gasteiger partial charge >= 0.3 is 17.9 Å². The Kier molecular flexibility index (Phi) is 43.0. The van der Waals surface area contributed by atoms with E-state index in [0.717, 1.165) is 103 Å². The Morgan fingerprint density at radius 1 is 0.375 bits per heavy atom. The molecular weight excluding hydrogens is 697 g/mol. The van der Waals surface area contributed by atoms with Crippen molar-refractivity contribution in [2.45, 2.75) is 239 Å². The Balaban J connectivity index is 4.34. The molecule has 0 radical (unpaired) electrons. The van der Waals surface area contributed by atoms with Gasteiger partial charge in [0, 0.05) is 19.3 Å². The molecule has 0 aliphatic rings. The van der Waals surface area contributed by atoms with Crippen molar-refractivity contribution < 1.29 is 28.6 Å². The summed E-state index contributed by atoms with van der Waals surface area (Å²) >= 11 is 0. The summed E-state index contributed by atoms with van der Waals surface area (Å²) in [6.45, 7) is 6.46. The minimum absolute atomic E-state index is 0.0804. The van der Waals surface area contributed by atoms with E-state index in [1.807, 2.05) is 0 Å². The molecule has 0 aromatic rings. The number of carbonyl (C=O) groups is 3. The van der Waals surface area contributed by atoms with Gasteiger partial charge in [-0.2, -0.15) is 0 Å². The Morgan fingerprint density at radius 3 is 1.11 bits per heavy atom. The maximum atomic E-state index is 12.7. The van der Waals surface area contributed by atoms with Gasteiger partial charge in [-0.1, -0.05) is 185 Å². The minimum Gasteiger partial charge on any atom is -0.462 e. The number of rotatable bonds is 42. The van der Waals surface area contributed by atoms with Crippen LogP contribution in [0.15, 0.2) is 48.6 Å². The number of hydrogen-bond acceptors (Lipinski definition) is 6. The molecule has 0 aromatic carbocycles. The van der Waals surface area contributed by atoms with Crippen LogP contribution >= 0.6 is 0 Å². The van der Waals surface area contributed by atoms with Crippen LogP contribution in [0.2, 0.25) is 0 Å². The van der Waals surface area contributed by atoms with Gasteiger partial charge in [-0.15, -0.1) is 0 Å². The summed E-state index contributed by atoms with van der Waals surface area (Å²) in [5.41, 5.74) is 0. The Labute approximate surface area is 346 Å². The smallest absolute Gasteiger partial charge is 0.306 e. The Hall–Kier alpha value is -2.63. The molecule has 0 N–H and O–H groups in total. The highest BCUT2D eigenvalue weighted by molar-refractivity contribution is 5.71. The lowest BCUT2D eigenvalue weighted by atomic mass is 10.1. The third-order valence-corrected chi connectivity index (χ3v) is 10.1. The van der Waals surface area contributed by atoms with Crippen molar-refractivity contribution in [3.8, 4) is 0 Å². The summed E-state index contributed by atoms with van der Waals surface area (Å²) in [4.78, 5) is 37.7. The molecule has 0 aliphatic heterocycles. The van der Waals surface area contributed by atoms with Gasteiger partial charge in [0.1, 0.15) is 13.2 Å². The molecule has 6 heteroatoms. The summed E-state index contributed by atoms with van der Waals surface area (Å²) in [7, 11) is 0. The molecule has 324 valence electrons. The fourth-order valence-corrected chi connectivity index (χ4v) is 6.51. The molecule has 56 heavy (non-hydrogen) atoms. The average Bonchev–Trinajstić information content (AvgIpc) is 3.19. The number of allylic oxidation sites excluding steroid dienone is 8. The molecule has 0 spiro atoms. The van der Waals surface area contributed by atoms with Gasteiger partial charge in [-0.05, 0) is 77.0 Å². The van der Waals surface area contributed by atoms with Gasteiger partial charge in [-0.3, -0.25) is 14.4 Å². The third-order valence-electron chi connectivity index (χ3n) is 10.1. The lowest BCUT2D eigenvalue weighted by Crippen LogP contribution is -2.30. The van der Waals surface area contributed by atoms with E-state index in [1.165, 1.54) is 89.9 Å². The zero-order valence-electron chi connectivity index (χ0n) is 36.9. The summed E-state index contributed by atoms with van der Waals surface area (Å²) in [6, 6.07) is 0. The quantitative estimate of drug-likeness (QED) is 0.0265. The van der Waals surface area contributed by atoms with E-state index in [0.29, 0.717) is 19.3 Å². The van der Waals surface area contributed by atoms with E-state index in [1.54, 1.807) is 0 Å². The summed E-state index contributed by atoms with van der Waals surface area (Å²) in [5.74, 6) is -0.905. The molecule has 1 atom stereocenters. The van der Waals surface area contributed by atoms with Gasteiger partial charge in [0.2, 0.25) is 0 Å². The first kappa shape index (κ1) is 53.4. The SMILES string of the molecule is CC/C=C\C/C=C\CCCCCCCC(=O)OC(COC(=O)CCCCCCCCC/C=C\C/C=C\CCCCC)COC(=O)CCCCCCCCCCC. The summed E-state index contributed by atoms with van der Waals surface area (Å²) in [5, 5.41) is 0. The van der Waals surface area contributed by atoms with Crippen molar-refractivity contribution in [3.63, 3.8) is 0 Å². The van der Waals surface area contributed by atoms with E-state index in [9.17, 15) is 14.4 Å². The first-order chi connectivity index (χ1) is 27.5. The van der Waals surface area contributed by atoms with Gasteiger partial charge in [-0.25, -0.2) is 0 Å². The molecule has 1 unspecified atom stereocenters. The predicted octanol–water partition coefficient (Wildman–Crippen LogP) is 15.1. The standard InChI is InChI=1S/C50H88O6/c1-4-7-10-13-16-19-21-23-24-25-26-27-29-31-34-37-40-43-49(52)55-46-47(45-54-48(51)42-39-36-33-30-18-15-12-9-6-3)56-50(53)44-41-38-35-32-28-22-20-17-14-11-8-5-2/h8,11,16-17,19-20,23-24,47H,4-7,9-10,12-15,18,21-22,25-46H2,1-3H3/b11-8-,19-16-,20-17-,24-23-. The number of ether oxygens (including phenoxy) is 3. The highest BCUT2D eigenvalue weighted by atomic mass is 16.6. The largest absolute Gasteiger partial charge is 0.462 e. The fraction of sp³-hybridized carbons (Fsp3) is 0.780. The predicted molar refractivity (Wildman–Crippen MR) is 238 cm³/mol. The van der Waals surface area contributed by atoms with Crippen LogP contribution in [-0.2, 0) is 28.6 Å². The van der Waals surface area contributed by atoms with E-state index in [2.05, 4.69) is 69.4 Å². The molecule has 0 heterocycles. The zero-order chi connectivity index (χ0) is 40.8. The lowest BCUT2D eigenvalue weighted by Gasteiger charge is -2.18. The van der Waals surface area contributed by atoms with Gasteiger partial charge in [0.05, 0.1) is 0 Å². The normalized spacial score (nSPS) is 12.4. The molecule has 0 aromatic heterocycles. The topological polar surface area (TPSA) is 78.9 Å². The first-order valence-electron chi connectivity index (χ1n) is 23.6. The number of carbonyl (C=O) groups excluding carboxylic acids is 3. The molecule has 0 aliphatic carbocycles. The highest BCUT2D eigenvalue weighted by Gasteiger charge is 2.19. The number of esters is 3. The lowest BCUT2D eigenvalue weighted by molar-refractivity contribution is -0.167. The Morgan fingerprint density at radius 2 is 0.696 bits per heavy atom. The molecular formula is C50H88O6. The molecule has 0 saturated carbocycles. The van der Waals surface area contributed by atoms with E-state index < -0.39 is 6.10 Å². The highest BCUT2D eigenvalue weighted by Crippen LogP contribution is 2.14. The van der Waals surface area contributed by atoms with Crippen molar-refractivity contribution in [2.24, 2.45) is 0 Å². The molecule has 0 fully saturated rings. The molecule has 6 nitrogen and oxygen atoms in total. The van der Waals surface area contributed by atoms with Crippen LogP contribution < -0.4 is 0 Å². The molecule has 0 amide bonds. The van der Waals surface area contributed by atoms with Gasteiger partial charge in [0.25, 0.3) is 0 Å². The van der Waals surface area contributed by atoms with E-state index in [4.69, 9.17) is 14.2 Å². The molecule has 0 rings (SSSR count). The maximum Gasteiger partial charge on any atom is 0.306 e. The van der Waals surface area contributed by atoms with E-state index >= 15 is 0 Å². The van der Waals surface area contributed by atoms with Crippen LogP contribution in [0, 0.1) is 0 Å². The van der Waals surface area contributed by atoms with Crippen LogP contribution in [0.3, 0.4) is 0 Å². The summed E-state index contributed by atoms with van der Waals surface area (Å²) < 4.78 is 16.7. The molecule has 0 saturated heterocycles. The summed E-state index contributed by atoms with van der Waals surface area (Å²) in [6.07, 6.45) is 52.4. The minimum atomic E-state index is -0.778.